The van der Waals surface area contributed by atoms with Crippen LogP contribution in [-0.4, -0.2) is 34.7 Å². The fourth-order valence-corrected chi connectivity index (χ4v) is 3.97. The number of carboxylic acids is 1. The Bertz CT molecular complexity index is 880. The molecule has 1 amide bonds. The first-order valence-corrected chi connectivity index (χ1v) is 11.0. The van der Waals surface area contributed by atoms with E-state index in [0.717, 1.165) is 48.9 Å². The minimum absolute atomic E-state index is 0.0597. The zero-order valence-electron chi connectivity index (χ0n) is 18.0. The number of rotatable bonds is 11. The molecule has 0 aliphatic carbocycles. The first-order valence-electron chi connectivity index (χ1n) is 11.0. The van der Waals surface area contributed by atoms with Gasteiger partial charge in [-0.3, -0.25) is 4.79 Å². The van der Waals surface area contributed by atoms with Crippen LogP contribution >= 0.6 is 0 Å². The molecule has 2 unspecified atom stereocenters. The molecule has 0 radical (unpaired) electrons. The van der Waals surface area contributed by atoms with E-state index in [9.17, 15) is 14.7 Å². The highest BCUT2D eigenvalue weighted by molar-refractivity contribution is 5.96. The van der Waals surface area contributed by atoms with Crippen molar-refractivity contribution in [1.29, 1.82) is 0 Å². The van der Waals surface area contributed by atoms with Crippen LogP contribution in [0.5, 0.6) is 0 Å². The average molecular weight is 426 g/mol. The lowest BCUT2D eigenvalue weighted by Gasteiger charge is -2.25. The van der Waals surface area contributed by atoms with Crippen molar-refractivity contribution in [3.05, 3.63) is 65.2 Å². The Kier molecular flexibility index (Phi) is 8.20. The monoisotopic (exact) mass is 425 g/mol. The molecule has 1 fully saturated rings. The summed E-state index contributed by atoms with van der Waals surface area (Å²) in [7, 11) is 0. The van der Waals surface area contributed by atoms with Crippen LogP contribution in [-0.2, 0) is 16.1 Å². The van der Waals surface area contributed by atoms with Crippen LogP contribution in [0.3, 0.4) is 0 Å². The normalized spacial score (nSPS) is 17.2. The lowest BCUT2D eigenvalue weighted by molar-refractivity contribution is -0.117. The minimum atomic E-state index is -0.964. The number of hydrogen-bond acceptors (Lipinski definition) is 4. The van der Waals surface area contributed by atoms with Crippen molar-refractivity contribution < 1.29 is 24.5 Å². The molecule has 1 aliphatic rings. The summed E-state index contributed by atoms with van der Waals surface area (Å²) in [5.74, 6) is -0.897. The Labute approximate surface area is 183 Å². The largest absolute Gasteiger partial charge is 0.478 e. The Morgan fingerprint density at radius 1 is 1.19 bits per heavy atom. The quantitative estimate of drug-likeness (QED) is 0.509. The molecule has 2 aromatic rings. The van der Waals surface area contributed by atoms with Crippen molar-refractivity contribution in [1.82, 2.24) is 0 Å². The first kappa shape index (κ1) is 23.0. The third-order valence-corrected chi connectivity index (χ3v) is 5.72. The van der Waals surface area contributed by atoms with E-state index in [1.165, 1.54) is 0 Å². The van der Waals surface area contributed by atoms with Crippen molar-refractivity contribution in [3.63, 3.8) is 0 Å². The van der Waals surface area contributed by atoms with Crippen LogP contribution in [0.25, 0.3) is 0 Å². The number of aromatic carboxylic acids is 1. The number of ether oxygens (including phenoxy) is 1. The van der Waals surface area contributed by atoms with Crippen molar-refractivity contribution in [2.45, 2.75) is 64.2 Å². The van der Waals surface area contributed by atoms with Gasteiger partial charge in [0.05, 0.1) is 30.9 Å². The van der Waals surface area contributed by atoms with Gasteiger partial charge in [0, 0.05) is 12.1 Å². The fourth-order valence-electron chi connectivity index (χ4n) is 3.97. The second-order valence-corrected chi connectivity index (χ2v) is 8.08. The van der Waals surface area contributed by atoms with Crippen molar-refractivity contribution in [2.24, 2.45) is 0 Å². The zero-order valence-corrected chi connectivity index (χ0v) is 18.0. The number of nitrogens with zero attached hydrogens (tertiary/aromatic N) is 1. The number of benzene rings is 2. The Morgan fingerprint density at radius 2 is 1.97 bits per heavy atom. The average Bonchev–Trinajstić information content (AvgIpc) is 3.14. The number of amides is 1. The summed E-state index contributed by atoms with van der Waals surface area (Å²) in [6, 6.07) is 14.2. The van der Waals surface area contributed by atoms with E-state index in [1.54, 1.807) is 23.1 Å². The maximum Gasteiger partial charge on any atom is 0.335 e. The summed E-state index contributed by atoms with van der Waals surface area (Å²) >= 11 is 0. The molecule has 31 heavy (non-hydrogen) atoms. The molecule has 1 heterocycles. The van der Waals surface area contributed by atoms with Gasteiger partial charge >= 0.3 is 5.97 Å². The molecule has 1 aliphatic heterocycles. The van der Waals surface area contributed by atoms with Gasteiger partial charge in [-0.25, -0.2) is 4.79 Å². The predicted octanol–water partition coefficient (Wildman–Crippen LogP) is 4.71. The zero-order chi connectivity index (χ0) is 22.2. The summed E-state index contributed by atoms with van der Waals surface area (Å²) < 4.78 is 5.83. The number of anilines is 1. The molecule has 2 aromatic carbocycles. The Morgan fingerprint density at radius 3 is 2.68 bits per heavy atom. The summed E-state index contributed by atoms with van der Waals surface area (Å²) in [5, 5.41) is 19.5. The number of aliphatic hydroxyl groups is 1. The lowest BCUT2D eigenvalue weighted by Crippen LogP contribution is -2.36. The molecule has 3 rings (SSSR count). The standard InChI is InChI=1S/C25H31NO5/c1-2-3-4-8-23(27)19-9-11-21(12-10-19)26-22(13-14-24(26)28)17-31-16-18-6-5-7-20(15-18)25(29)30/h5-7,9-12,15,22-23,27H,2-4,8,13-14,16-17H2,1H3,(H,29,30). The third kappa shape index (κ3) is 6.15. The SMILES string of the molecule is CCCCCC(O)c1ccc(N2C(=O)CCC2COCc2cccc(C(=O)O)c2)cc1. The minimum Gasteiger partial charge on any atom is -0.478 e. The predicted molar refractivity (Wildman–Crippen MR) is 119 cm³/mol. The summed E-state index contributed by atoms with van der Waals surface area (Å²) in [6.07, 6.45) is 4.69. The molecule has 166 valence electrons. The van der Waals surface area contributed by atoms with E-state index in [-0.39, 0.29) is 17.5 Å². The molecule has 0 saturated carbocycles. The highest BCUT2D eigenvalue weighted by Crippen LogP contribution is 2.29. The summed E-state index contributed by atoms with van der Waals surface area (Å²) in [5.41, 5.74) is 2.71. The highest BCUT2D eigenvalue weighted by atomic mass is 16.5. The van der Waals surface area contributed by atoms with Gasteiger partial charge in [0.15, 0.2) is 0 Å². The maximum atomic E-state index is 12.5. The second kappa shape index (κ2) is 11.1. The second-order valence-electron chi connectivity index (χ2n) is 8.08. The van der Waals surface area contributed by atoms with Gasteiger partial charge in [-0.2, -0.15) is 0 Å². The van der Waals surface area contributed by atoms with E-state index in [0.29, 0.717) is 19.6 Å². The summed E-state index contributed by atoms with van der Waals surface area (Å²) in [6.45, 7) is 2.81. The van der Waals surface area contributed by atoms with E-state index in [2.05, 4.69) is 6.92 Å². The Hall–Kier alpha value is -2.70. The van der Waals surface area contributed by atoms with Crippen LogP contribution in [0.1, 0.15) is 73.0 Å². The molecular formula is C25H31NO5. The van der Waals surface area contributed by atoms with Gasteiger partial charge in [0.1, 0.15) is 0 Å². The van der Waals surface area contributed by atoms with Crippen LogP contribution in [0.2, 0.25) is 0 Å². The molecule has 0 bridgehead atoms. The molecule has 0 spiro atoms. The van der Waals surface area contributed by atoms with Crippen LogP contribution in [0.15, 0.2) is 48.5 Å². The van der Waals surface area contributed by atoms with E-state index < -0.39 is 12.1 Å². The van der Waals surface area contributed by atoms with E-state index in [4.69, 9.17) is 9.84 Å². The van der Waals surface area contributed by atoms with E-state index >= 15 is 0 Å². The van der Waals surface area contributed by atoms with Gasteiger partial charge < -0.3 is 19.8 Å². The fraction of sp³-hybridized carbons (Fsp3) is 0.440. The molecule has 6 nitrogen and oxygen atoms in total. The van der Waals surface area contributed by atoms with Gasteiger partial charge in [0.2, 0.25) is 5.91 Å². The molecular weight excluding hydrogens is 394 g/mol. The Balaban J connectivity index is 1.58. The number of carboxylic acid groups (broad SMARTS) is 1. The number of carbonyl (C=O) groups is 2. The number of unbranched alkanes of at least 4 members (excludes halogenated alkanes) is 2. The third-order valence-electron chi connectivity index (χ3n) is 5.72. The van der Waals surface area contributed by atoms with Gasteiger partial charge in [-0.05, 0) is 48.2 Å². The molecule has 1 saturated heterocycles. The van der Waals surface area contributed by atoms with Crippen molar-refractivity contribution in [2.75, 3.05) is 11.5 Å². The van der Waals surface area contributed by atoms with Crippen molar-refractivity contribution in [3.8, 4) is 0 Å². The van der Waals surface area contributed by atoms with Crippen molar-refractivity contribution >= 4 is 17.6 Å². The first-order chi connectivity index (χ1) is 15.0. The number of aliphatic hydroxyl groups excluding tert-OH is 1. The lowest BCUT2D eigenvalue weighted by atomic mass is 10.0. The number of carbonyl (C=O) groups excluding carboxylic acids is 1. The smallest absolute Gasteiger partial charge is 0.335 e. The van der Waals surface area contributed by atoms with Crippen LogP contribution in [0.4, 0.5) is 5.69 Å². The molecule has 2 atom stereocenters. The topological polar surface area (TPSA) is 87.1 Å². The van der Waals surface area contributed by atoms with Gasteiger partial charge in [-0.15, -0.1) is 0 Å². The molecule has 0 aromatic heterocycles. The van der Waals surface area contributed by atoms with Crippen LogP contribution < -0.4 is 4.90 Å². The highest BCUT2D eigenvalue weighted by Gasteiger charge is 2.32. The van der Waals surface area contributed by atoms with Crippen LogP contribution in [0, 0.1) is 0 Å². The van der Waals surface area contributed by atoms with Gasteiger partial charge in [-0.1, -0.05) is 50.5 Å². The molecule has 2 N–H and O–H groups in total. The van der Waals surface area contributed by atoms with E-state index in [1.807, 2.05) is 30.3 Å². The maximum absolute atomic E-state index is 12.5. The van der Waals surface area contributed by atoms with Gasteiger partial charge in [0.25, 0.3) is 0 Å². The molecule has 6 heteroatoms. The summed E-state index contributed by atoms with van der Waals surface area (Å²) in [4.78, 5) is 25.4. The number of hydrogen-bond donors (Lipinski definition) is 2.